The number of aliphatic hydroxyl groups excluding tert-OH is 1. The number of hydrogen-bond acceptors (Lipinski definition) is 4. The minimum absolute atomic E-state index is 0.294. The van der Waals surface area contributed by atoms with Gasteiger partial charge in [-0.05, 0) is 37.2 Å². The molecule has 1 heterocycles. The van der Waals surface area contributed by atoms with Gasteiger partial charge < -0.3 is 9.84 Å². The number of aromatic nitrogens is 1. The predicted octanol–water partition coefficient (Wildman–Crippen LogP) is 2.26. The van der Waals surface area contributed by atoms with Crippen molar-refractivity contribution in [2.24, 2.45) is 0 Å². The van der Waals surface area contributed by atoms with Gasteiger partial charge in [0.25, 0.3) is 0 Å². The third-order valence-corrected chi connectivity index (χ3v) is 3.22. The number of nitrogens with zero attached hydrogens (tertiary/aromatic N) is 2. The Bertz CT molecular complexity index is 545. The van der Waals surface area contributed by atoms with Crippen LogP contribution in [0.2, 0.25) is 0 Å². The predicted molar refractivity (Wildman–Crippen MR) is 83.3 cm³/mol. The minimum atomic E-state index is -0.522. The molecule has 1 aromatic carbocycles. The van der Waals surface area contributed by atoms with E-state index in [0.717, 1.165) is 23.4 Å². The standard InChI is InChI=1S/C17H22N2O2/c1-14-6-3-4-8-17(14)21-13-16(20)12-19(2)11-15-7-5-9-18-10-15/h3-10,16,20H,11-13H2,1-2H3. The molecule has 0 aliphatic carbocycles. The van der Waals surface area contributed by atoms with Gasteiger partial charge in [-0.3, -0.25) is 9.88 Å². The molecule has 4 heteroatoms. The van der Waals surface area contributed by atoms with Crippen LogP contribution >= 0.6 is 0 Å². The quantitative estimate of drug-likeness (QED) is 0.848. The number of benzene rings is 1. The molecule has 1 atom stereocenters. The number of aliphatic hydroxyl groups is 1. The Balaban J connectivity index is 1.76. The summed E-state index contributed by atoms with van der Waals surface area (Å²) in [5.41, 5.74) is 2.21. The SMILES string of the molecule is Cc1ccccc1OCC(O)CN(C)Cc1cccnc1. The summed E-state index contributed by atoms with van der Waals surface area (Å²) in [7, 11) is 1.98. The number of hydrogen-bond donors (Lipinski definition) is 1. The molecule has 112 valence electrons. The van der Waals surface area contributed by atoms with Crippen molar-refractivity contribution in [1.29, 1.82) is 0 Å². The second-order valence-electron chi connectivity index (χ2n) is 5.29. The van der Waals surface area contributed by atoms with Crippen LogP contribution in [0.3, 0.4) is 0 Å². The molecule has 0 saturated carbocycles. The minimum Gasteiger partial charge on any atom is -0.491 e. The van der Waals surface area contributed by atoms with Gasteiger partial charge in [0.15, 0.2) is 0 Å². The molecule has 2 rings (SSSR count). The number of likely N-dealkylation sites (N-methyl/N-ethyl adjacent to an activating group) is 1. The molecule has 0 aliphatic heterocycles. The van der Waals surface area contributed by atoms with E-state index in [2.05, 4.69) is 9.88 Å². The Morgan fingerprint density at radius 1 is 1.24 bits per heavy atom. The first-order valence-electron chi connectivity index (χ1n) is 7.09. The Hall–Kier alpha value is -1.91. The van der Waals surface area contributed by atoms with Gasteiger partial charge in [0.2, 0.25) is 0 Å². The number of rotatable bonds is 7. The second kappa shape index (κ2) is 7.76. The van der Waals surface area contributed by atoms with E-state index >= 15 is 0 Å². The summed E-state index contributed by atoms with van der Waals surface area (Å²) in [5, 5.41) is 10.1. The molecule has 0 saturated heterocycles. The number of ether oxygens (including phenoxy) is 1. The van der Waals surface area contributed by atoms with Gasteiger partial charge in [0, 0.05) is 25.5 Å². The maximum atomic E-state index is 10.1. The van der Waals surface area contributed by atoms with E-state index in [0.29, 0.717) is 13.2 Å². The Morgan fingerprint density at radius 3 is 2.76 bits per heavy atom. The van der Waals surface area contributed by atoms with Crippen molar-refractivity contribution in [1.82, 2.24) is 9.88 Å². The summed E-state index contributed by atoms with van der Waals surface area (Å²) in [6.45, 7) is 3.61. The molecular weight excluding hydrogens is 264 g/mol. The molecule has 21 heavy (non-hydrogen) atoms. The fourth-order valence-corrected chi connectivity index (χ4v) is 2.18. The second-order valence-corrected chi connectivity index (χ2v) is 5.29. The molecule has 4 nitrogen and oxygen atoms in total. The van der Waals surface area contributed by atoms with E-state index in [1.165, 1.54) is 0 Å². The Labute approximate surface area is 126 Å². The third-order valence-electron chi connectivity index (χ3n) is 3.22. The highest BCUT2D eigenvalue weighted by Gasteiger charge is 2.10. The van der Waals surface area contributed by atoms with E-state index < -0.39 is 6.10 Å². The molecule has 0 radical (unpaired) electrons. The van der Waals surface area contributed by atoms with Crippen molar-refractivity contribution in [2.75, 3.05) is 20.2 Å². The van der Waals surface area contributed by atoms with Crippen LogP contribution in [-0.2, 0) is 6.54 Å². The first-order chi connectivity index (χ1) is 10.1. The van der Waals surface area contributed by atoms with Crippen LogP contribution in [-0.4, -0.2) is 41.3 Å². The topological polar surface area (TPSA) is 45.6 Å². The molecule has 1 unspecified atom stereocenters. The van der Waals surface area contributed by atoms with Crippen molar-refractivity contribution in [2.45, 2.75) is 19.6 Å². The maximum Gasteiger partial charge on any atom is 0.122 e. The van der Waals surface area contributed by atoms with Crippen LogP contribution < -0.4 is 4.74 Å². The highest BCUT2D eigenvalue weighted by Crippen LogP contribution is 2.16. The summed E-state index contributed by atoms with van der Waals surface area (Å²) in [6, 6.07) is 11.8. The summed E-state index contributed by atoms with van der Waals surface area (Å²) >= 11 is 0. The molecule has 0 amide bonds. The van der Waals surface area contributed by atoms with Gasteiger partial charge in [-0.25, -0.2) is 0 Å². The van der Waals surface area contributed by atoms with Gasteiger partial charge in [-0.1, -0.05) is 24.3 Å². The molecule has 0 fully saturated rings. The normalized spacial score (nSPS) is 12.4. The van der Waals surface area contributed by atoms with Crippen LogP contribution in [0.15, 0.2) is 48.8 Å². The highest BCUT2D eigenvalue weighted by atomic mass is 16.5. The summed E-state index contributed by atoms with van der Waals surface area (Å²) in [6.07, 6.45) is 3.08. The van der Waals surface area contributed by atoms with Crippen LogP contribution in [0.4, 0.5) is 0 Å². The van der Waals surface area contributed by atoms with E-state index in [9.17, 15) is 5.11 Å². The van der Waals surface area contributed by atoms with Crippen molar-refractivity contribution in [3.63, 3.8) is 0 Å². The number of aryl methyl sites for hydroxylation is 1. The summed E-state index contributed by atoms with van der Waals surface area (Å²) < 4.78 is 5.66. The van der Waals surface area contributed by atoms with E-state index in [4.69, 9.17) is 4.74 Å². The Morgan fingerprint density at radius 2 is 2.05 bits per heavy atom. The average Bonchev–Trinajstić information content (AvgIpc) is 2.47. The van der Waals surface area contributed by atoms with Crippen LogP contribution in [0.25, 0.3) is 0 Å². The first kappa shape index (κ1) is 15.5. The fourth-order valence-electron chi connectivity index (χ4n) is 2.18. The van der Waals surface area contributed by atoms with Crippen LogP contribution in [0, 0.1) is 6.92 Å². The third kappa shape index (κ3) is 5.17. The average molecular weight is 286 g/mol. The molecular formula is C17H22N2O2. The first-order valence-corrected chi connectivity index (χ1v) is 7.09. The summed E-state index contributed by atoms with van der Waals surface area (Å²) in [5.74, 6) is 0.825. The lowest BCUT2D eigenvalue weighted by atomic mass is 10.2. The fraction of sp³-hybridized carbons (Fsp3) is 0.353. The highest BCUT2D eigenvalue weighted by molar-refractivity contribution is 5.31. The van der Waals surface area contributed by atoms with E-state index in [1.54, 1.807) is 6.20 Å². The van der Waals surface area contributed by atoms with Gasteiger partial charge in [0.1, 0.15) is 18.5 Å². The van der Waals surface area contributed by atoms with Crippen LogP contribution in [0.5, 0.6) is 5.75 Å². The molecule has 0 bridgehead atoms. The van der Waals surface area contributed by atoms with E-state index in [1.807, 2.05) is 56.6 Å². The zero-order valence-corrected chi connectivity index (χ0v) is 12.6. The smallest absolute Gasteiger partial charge is 0.122 e. The molecule has 1 aromatic heterocycles. The Kier molecular flexibility index (Phi) is 5.72. The van der Waals surface area contributed by atoms with Gasteiger partial charge in [-0.15, -0.1) is 0 Å². The van der Waals surface area contributed by atoms with Crippen LogP contribution in [0.1, 0.15) is 11.1 Å². The summed E-state index contributed by atoms with van der Waals surface area (Å²) in [4.78, 5) is 6.15. The molecule has 0 aliphatic rings. The monoisotopic (exact) mass is 286 g/mol. The van der Waals surface area contributed by atoms with Crippen molar-refractivity contribution in [3.8, 4) is 5.75 Å². The van der Waals surface area contributed by atoms with Crippen molar-refractivity contribution < 1.29 is 9.84 Å². The zero-order valence-electron chi connectivity index (χ0n) is 12.6. The number of pyridine rings is 1. The van der Waals surface area contributed by atoms with Gasteiger partial charge in [0.05, 0.1) is 0 Å². The lowest BCUT2D eigenvalue weighted by molar-refractivity contribution is 0.0741. The lowest BCUT2D eigenvalue weighted by Crippen LogP contribution is -2.32. The van der Waals surface area contributed by atoms with Crippen molar-refractivity contribution in [3.05, 3.63) is 59.9 Å². The molecule has 2 aromatic rings. The molecule has 1 N–H and O–H groups in total. The zero-order chi connectivity index (χ0) is 15.1. The van der Waals surface area contributed by atoms with Crippen molar-refractivity contribution >= 4 is 0 Å². The molecule has 0 spiro atoms. The number of para-hydroxylation sites is 1. The lowest BCUT2D eigenvalue weighted by Gasteiger charge is -2.21. The van der Waals surface area contributed by atoms with E-state index in [-0.39, 0.29) is 0 Å². The van der Waals surface area contributed by atoms with Gasteiger partial charge >= 0.3 is 0 Å². The largest absolute Gasteiger partial charge is 0.491 e. The maximum absolute atomic E-state index is 10.1. The van der Waals surface area contributed by atoms with Gasteiger partial charge in [-0.2, -0.15) is 0 Å².